The van der Waals surface area contributed by atoms with Crippen molar-refractivity contribution < 1.29 is 4.74 Å². The third kappa shape index (κ3) is 5.02. The number of rotatable bonds is 6. The van der Waals surface area contributed by atoms with E-state index in [-0.39, 0.29) is 12.4 Å². The van der Waals surface area contributed by atoms with Crippen LogP contribution in [0.4, 0.5) is 0 Å². The molecule has 0 bridgehead atoms. The average Bonchev–Trinajstić information content (AvgIpc) is 3.38. The van der Waals surface area contributed by atoms with Crippen molar-refractivity contribution in [2.24, 2.45) is 0 Å². The Hall–Kier alpha value is -2.96. The molecule has 1 N–H and O–H groups in total. The van der Waals surface area contributed by atoms with Gasteiger partial charge in [0, 0.05) is 33.6 Å². The van der Waals surface area contributed by atoms with Crippen LogP contribution in [0.15, 0.2) is 48.5 Å². The van der Waals surface area contributed by atoms with Gasteiger partial charge in [-0.25, -0.2) is 5.10 Å². The minimum atomic E-state index is 0. The van der Waals surface area contributed by atoms with Gasteiger partial charge in [0.15, 0.2) is 5.82 Å². The molecule has 0 unspecified atom stereocenters. The molecular weight excluding hydrogens is 457 g/mol. The monoisotopic (exact) mass is 481 g/mol. The second-order valence-corrected chi connectivity index (χ2v) is 8.46. The summed E-state index contributed by atoms with van der Waals surface area (Å²) < 4.78 is 6.29. The lowest BCUT2D eigenvalue weighted by Gasteiger charge is -2.20. The minimum Gasteiger partial charge on any atom is -0.488 e. The molecule has 0 amide bonds. The maximum absolute atomic E-state index is 6.29. The third-order valence-corrected chi connectivity index (χ3v) is 6.15. The van der Waals surface area contributed by atoms with E-state index in [0.717, 1.165) is 53.0 Å². The number of halogens is 2. The van der Waals surface area contributed by atoms with Gasteiger partial charge in [0.25, 0.3) is 0 Å². The Morgan fingerprint density at radius 3 is 2.58 bits per heavy atom. The molecule has 4 aromatic rings. The van der Waals surface area contributed by atoms with Crippen molar-refractivity contribution in [3.63, 3.8) is 0 Å². The summed E-state index contributed by atoms with van der Waals surface area (Å²) in [4.78, 5) is 4.82. The maximum atomic E-state index is 6.29. The highest BCUT2D eigenvalue weighted by molar-refractivity contribution is 6.31. The third-order valence-electron chi connectivity index (χ3n) is 5.92. The van der Waals surface area contributed by atoms with Crippen molar-refractivity contribution in [1.82, 2.24) is 25.6 Å². The van der Waals surface area contributed by atoms with Gasteiger partial charge >= 0.3 is 0 Å². The zero-order valence-corrected chi connectivity index (χ0v) is 19.9. The molecule has 170 valence electrons. The number of aromatic nitrogens is 5. The molecule has 0 atom stereocenters. The number of tetrazole rings is 1. The molecule has 8 heteroatoms. The highest BCUT2D eigenvalue weighted by Crippen LogP contribution is 2.33. The van der Waals surface area contributed by atoms with E-state index in [4.69, 9.17) is 21.3 Å². The predicted molar refractivity (Wildman–Crippen MR) is 132 cm³/mol. The Labute approximate surface area is 204 Å². The van der Waals surface area contributed by atoms with Crippen LogP contribution in [0.5, 0.6) is 5.75 Å². The normalized spacial score (nSPS) is 12.7. The topological polar surface area (TPSA) is 76.6 Å². The second kappa shape index (κ2) is 10.3. The number of nitrogens with zero attached hydrogens (tertiary/aromatic N) is 4. The van der Waals surface area contributed by atoms with Gasteiger partial charge in [-0.1, -0.05) is 48.9 Å². The van der Waals surface area contributed by atoms with Gasteiger partial charge in [0.05, 0.1) is 0 Å². The van der Waals surface area contributed by atoms with E-state index in [0.29, 0.717) is 17.5 Å². The molecule has 6 nitrogen and oxygen atoms in total. The Bertz CT molecular complexity index is 1230. The summed E-state index contributed by atoms with van der Waals surface area (Å²) in [5.74, 6) is 1.58. The lowest BCUT2D eigenvalue weighted by molar-refractivity contribution is 0.300. The average molecular weight is 482 g/mol. The Morgan fingerprint density at radius 1 is 1.00 bits per heavy atom. The molecule has 2 aromatic heterocycles. The zero-order valence-electron chi connectivity index (χ0n) is 18.3. The van der Waals surface area contributed by atoms with Gasteiger partial charge in [-0.2, -0.15) is 0 Å². The second-order valence-electron chi connectivity index (χ2n) is 8.02. The van der Waals surface area contributed by atoms with Gasteiger partial charge in [-0.05, 0) is 71.4 Å². The van der Waals surface area contributed by atoms with Crippen LogP contribution >= 0.6 is 24.0 Å². The van der Waals surface area contributed by atoms with Crippen LogP contribution in [0, 0.1) is 0 Å². The molecule has 0 saturated carbocycles. The van der Waals surface area contributed by atoms with Gasteiger partial charge in [0.1, 0.15) is 12.4 Å². The van der Waals surface area contributed by atoms with Crippen molar-refractivity contribution in [3.05, 3.63) is 76.1 Å². The fourth-order valence-corrected chi connectivity index (χ4v) is 4.38. The van der Waals surface area contributed by atoms with E-state index < -0.39 is 0 Å². The Morgan fingerprint density at radius 2 is 1.82 bits per heavy atom. The Balaban J connectivity index is 0.00000259. The standard InChI is InChI=1S/C25H24ClN5O.ClH/c1-2-19-14-24(21-5-3-4-6-23(21)27-19)32-15-16-7-9-17(10-8-16)20-12-11-18(26)13-22(20)25-28-30-31-29-25;/h7-14H,2-6,15H2,1H3,(H,28,29,30,31);1H. The molecule has 33 heavy (non-hydrogen) atoms. The summed E-state index contributed by atoms with van der Waals surface area (Å²) in [6.45, 7) is 2.67. The highest BCUT2D eigenvalue weighted by Gasteiger charge is 2.17. The van der Waals surface area contributed by atoms with Gasteiger partial charge in [0.2, 0.25) is 0 Å². The molecule has 0 radical (unpaired) electrons. The summed E-state index contributed by atoms with van der Waals surface area (Å²) in [5.41, 5.74) is 7.66. The fourth-order valence-electron chi connectivity index (χ4n) is 4.21. The summed E-state index contributed by atoms with van der Waals surface area (Å²) in [7, 11) is 0. The number of aromatic amines is 1. The molecule has 5 rings (SSSR count). The lowest BCUT2D eigenvalue weighted by atomic mass is 9.94. The molecule has 1 aliphatic rings. The van der Waals surface area contributed by atoms with Crippen LogP contribution in [-0.4, -0.2) is 25.6 Å². The quantitative estimate of drug-likeness (QED) is 0.364. The summed E-state index contributed by atoms with van der Waals surface area (Å²) >= 11 is 6.21. The fraction of sp³-hybridized carbons (Fsp3) is 0.280. The van der Waals surface area contributed by atoms with E-state index in [1.54, 1.807) is 0 Å². The van der Waals surface area contributed by atoms with E-state index in [1.807, 2.05) is 18.2 Å². The first-order valence-electron chi connectivity index (χ1n) is 11.0. The van der Waals surface area contributed by atoms with Crippen LogP contribution in [0.1, 0.15) is 42.3 Å². The predicted octanol–water partition coefficient (Wildman–Crippen LogP) is 6.02. The zero-order chi connectivity index (χ0) is 21.9. The summed E-state index contributed by atoms with van der Waals surface area (Å²) in [6, 6.07) is 16.2. The minimum absolute atomic E-state index is 0. The number of ether oxygens (including phenoxy) is 1. The molecule has 0 spiro atoms. The number of nitrogens with one attached hydrogen (secondary N) is 1. The van der Waals surface area contributed by atoms with Crippen molar-refractivity contribution in [1.29, 1.82) is 0 Å². The van der Waals surface area contributed by atoms with Gasteiger partial charge < -0.3 is 4.74 Å². The first-order valence-corrected chi connectivity index (χ1v) is 11.4. The molecule has 2 heterocycles. The van der Waals surface area contributed by atoms with Gasteiger partial charge in [-0.15, -0.1) is 17.5 Å². The van der Waals surface area contributed by atoms with Crippen LogP contribution in [0.25, 0.3) is 22.5 Å². The first kappa shape index (κ1) is 23.2. The van der Waals surface area contributed by atoms with Crippen LogP contribution in [-0.2, 0) is 25.9 Å². The SMILES string of the molecule is CCc1cc(OCc2ccc(-c3ccc(Cl)cc3-c3nnn[nH]3)cc2)c2c(n1)CCCC2.Cl. The van der Waals surface area contributed by atoms with Crippen LogP contribution < -0.4 is 4.74 Å². The largest absolute Gasteiger partial charge is 0.488 e. The molecule has 0 aliphatic heterocycles. The summed E-state index contributed by atoms with van der Waals surface area (Å²) in [6.07, 6.45) is 5.44. The van der Waals surface area contributed by atoms with Gasteiger partial charge in [-0.3, -0.25) is 4.98 Å². The van der Waals surface area contributed by atoms with E-state index >= 15 is 0 Å². The summed E-state index contributed by atoms with van der Waals surface area (Å²) in [5, 5.41) is 14.9. The number of pyridine rings is 1. The lowest BCUT2D eigenvalue weighted by Crippen LogP contribution is -2.10. The molecule has 2 aromatic carbocycles. The van der Waals surface area contributed by atoms with Crippen molar-refractivity contribution in [3.8, 4) is 28.3 Å². The number of hydrogen-bond donors (Lipinski definition) is 1. The molecular formula is C25H25Cl2N5O. The molecule has 1 aliphatic carbocycles. The first-order chi connectivity index (χ1) is 15.7. The van der Waals surface area contributed by atoms with Crippen molar-refractivity contribution in [2.75, 3.05) is 0 Å². The smallest absolute Gasteiger partial charge is 0.180 e. The van der Waals surface area contributed by atoms with E-state index in [9.17, 15) is 0 Å². The molecule has 0 saturated heterocycles. The van der Waals surface area contributed by atoms with E-state index in [2.05, 4.69) is 57.9 Å². The highest BCUT2D eigenvalue weighted by atomic mass is 35.5. The number of fused-ring (bicyclic) bond motifs is 1. The Kier molecular flexibility index (Phi) is 7.26. The van der Waals surface area contributed by atoms with Crippen molar-refractivity contribution >= 4 is 24.0 Å². The van der Waals surface area contributed by atoms with Crippen molar-refractivity contribution in [2.45, 2.75) is 45.6 Å². The van der Waals surface area contributed by atoms with Crippen LogP contribution in [0.3, 0.4) is 0 Å². The number of benzene rings is 2. The maximum Gasteiger partial charge on any atom is 0.180 e. The number of aryl methyl sites for hydroxylation is 2. The molecule has 0 fully saturated rings. The van der Waals surface area contributed by atoms with Crippen LogP contribution in [0.2, 0.25) is 5.02 Å². The van der Waals surface area contributed by atoms with E-state index in [1.165, 1.54) is 24.1 Å². The number of hydrogen-bond acceptors (Lipinski definition) is 5. The number of H-pyrrole nitrogens is 1.